The van der Waals surface area contributed by atoms with Crippen LogP contribution in [-0.2, 0) is 26.2 Å². The van der Waals surface area contributed by atoms with Crippen molar-refractivity contribution >= 4 is 15.9 Å². The zero-order valence-corrected chi connectivity index (χ0v) is 13.8. The number of amides is 1. The van der Waals surface area contributed by atoms with E-state index in [0.717, 1.165) is 5.56 Å². The molecule has 2 rings (SSSR count). The van der Waals surface area contributed by atoms with Crippen LogP contribution in [0.4, 0.5) is 0 Å². The molecule has 1 aliphatic heterocycles. The van der Waals surface area contributed by atoms with Crippen LogP contribution in [0, 0.1) is 0 Å². The monoisotopic (exact) mass is 326 g/mol. The van der Waals surface area contributed by atoms with Gasteiger partial charge in [0.1, 0.15) is 6.10 Å². The number of carbonyl (C=O) groups excluding carboxylic acids is 1. The summed E-state index contributed by atoms with van der Waals surface area (Å²) in [6.45, 7) is 3.62. The number of hydrogen-bond donors (Lipinski definition) is 0. The summed E-state index contributed by atoms with van der Waals surface area (Å²) in [4.78, 5) is 14.0. The van der Waals surface area contributed by atoms with Crippen LogP contribution in [0.15, 0.2) is 30.3 Å². The highest BCUT2D eigenvalue weighted by Gasteiger charge is 2.28. The van der Waals surface area contributed by atoms with Gasteiger partial charge in [0.05, 0.1) is 12.9 Å². The van der Waals surface area contributed by atoms with Gasteiger partial charge in [0, 0.05) is 26.2 Å². The molecule has 0 aliphatic carbocycles. The number of carbonyl (C=O) groups is 1. The summed E-state index contributed by atoms with van der Waals surface area (Å²) in [5.41, 5.74) is 1.02. The number of sulfonamides is 1. The highest BCUT2D eigenvalue weighted by molar-refractivity contribution is 7.88. The Morgan fingerprint density at radius 1 is 1.18 bits per heavy atom. The molecule has 1 amide bonds. The number of benzene rings is 1. The average Bonchev–Trinajstić information content (AvgIpc) is 2.52. The molecule has 0 bridgehead atoms. The molecule has 0 radical (unpaired) electrons. The molecule has 122 valence electrons. The molecule has 1 atom stereocenters. The van der Waals surface area contributed by atoms with E-state index in [1.807, 2.05) is 30.3 Å². The van der Waals surface area contributed by atoms with Crippen molar-refractivity contribution in [1.29, 1.82) is 0 Å². The number of nitrogens with zero attached hydrogens (tertiary/aromatic N) is 2. The molecule has 0 aromatic heterocycles. The quantitative estimate of drug-likeness (QED) is 0.799. The minimum absolute atomic E-state index is 0.0934. The Bertz CT molecular complexity index is 595. The highest BCUT2D eigenvalue weighted by Crippen LogP contribution is 2.10. The summed E-state index contributed by atoms with van der Waals surface area (Å²) in [5.74, 6) is -0.0934. The SMILES string of the molecule is C[C@@H](OCc1ccccc1)C(=O)N1CCN(S(C)(=O)=O)CC1. The summed E-state index contributed by atoms with van der Waals surface area (Å²) in [6.07, 6.45) is 0.654. The lowest BCUT2D eigenvalue weighted by Crippen LogP contribution is -2.52. The van der Waals surface area contributed by atoms with Crippen molar-refractivity contribution in [3.8, 4) is 0 Å². The molecule has 1 fully saturated rings. The predicted octanol–water partition coefficient (Wildman–Crippen LogP) is 0.696. The van der Waals surface area contributed by atoms with Gasteiger partial charge in [-0.1, -0.05) is 30.3 Å². The number of piperazine rings is 1. The van der Waals surface area contributed by atoms with Gasteiger partial charge >= 0.3 is 0 Å². The molecular formula is C15H22N2O4S. The van der Waals surface area contributed by atoms with E-state index in [1.54, 1.807) is 11.8 Å². The molecule has 0 N–H and O–H groups in total. The maximum atomic E-state index is 12.3. The molecule has 1 aromatic rings. The van der Waals surface area contributed by atoms with Gasteiger partial charge in [-0.2, -0.15) is 4.31 Å². The third kappa shape index (κ3) is 4.53. The van der Waals surface area contributed by atoms with E-state index in [2.05, 4.69) is 0 Å². The van der Waals surface area contributed by atoms with Crippen molar-refractivity contribution in [2.24, 2.45) is 0 Å². The fourth-order valence-electron chi connectivity index (χ4n) is 2.36. The van der Waals surface area contributed by atoms with Crippen LogP contribution in [0.5, 0.6) is 0 Å². The summed E-state index contributed by atoms with van der Waals surface area (Å²) in [7, 11) is -3.18. The molecule has 1 saturated heterocycles. The fourth-order valence-corrected chi connectivity index (χ4v) is 3.19. The number of ether oxygens (including phenoxy) is 1. The first-order chi connectivity index (χ1) is 10.4. The van der Waals surface area contributed by atoms with Crippen molar-refractivity contribution < 1.29 is 17.9 Å². The van der Waals surface area contributed by atoms with Crippen molar-refractivity contribution in [3.05, 3.63) is 35.9 Å². The van der Waals surface area contributed by atoms with Crippen LogP contribution in [-0.4, -0.2) is 62.1 Å². The topological polar surface area (TPSA) is 66.9 Å². The lowest BCUT2D eigenvalue weighted by Gasteiger charge is -2.34. The molecule has 0 unspecified atom stereocenters. The molecule has 1 heterocycles. The van der Waals surface area contributed by atoms with Crippen LogP contribution >= 0.6 is 0 Å². The second-order valence-corrected chi connectivity index (χ2v) is 7.41. The Morgan fingerprint density at radius 3 is 2.32 bits per heavy atom. The van der Waals surface area contributed by atoms with Gasteiger partial charge in [-0.15, -0.1) is 0 Å². The number of hydrogen-bond acceptors (Lipinski definition) is 4. The summed E-state index contributed by atoms with van der Waals surface area (Å²) < 4.78 is 29.9. The van der Waals surface area contributed by atoms with Gasteiger partial charge in [-0.25, -0.2) is 8.42 Å². The molecule has 1 aromatic carbocycles. The third-order valence-electron chi connectivity index (χ3n) is 3.71. The standard InChI is InChI=1S/C15H22N2O4S/c1-13(21-12-14-6-4-3-5-7-14)15(18)16-8-10-17(11-9-16)22(2,19)20/h3-7,13H,8-12H2,1-2H3/t13-/m1/s1. The Balaban J connectivity index is 1.82. The molecule has 0 saturated carbocycles. The highest BCUT2D eigenvalue weighted by atomic mass is 32.2. The Kier molecular flexibility index (Phi) is 5.55. The largest absolute Gasteiger partial charge is 0.364 e. The second-order valence-electron chi connectivity index (χ2n) is 5.43. The lowest BCUT2D eigenvalue weighted by molar-refractivity contribution is -0.144. The van der Waals surface area contributed by atoms with Gasteiger partial charge in [0.2, 0.25) is 10.0 Å². The normalized spacial score (nSPS) is 18.2. The molecule has 0 spiro atoms. The molecule has 1 aliphatic rings. The van der Waals surface area contributed by atoms with Crippen LogP contribution in [0.25, 0.3) is 0 Å². The zero-order valence-electron chi connectivity index (χ0n) is 12.9. The number of rotatable bonds is 5. The summed E-state index contributed by atoms with van der Waals surface area (Å²) in [5, 5.41) is 0. The first kappa shape index (κ1) is 16.9. The minimum atomic E-state index is -3.18. The van der Waals surface area contributed by atoms with E-state index in [-0.39, 0.29) is 5.91 Å². The smallest absolute Gasteiger partial charge is 0.251 e. The summed E-state index contributed by atoms with van der Waals surface area (Å²) in [6, 6.07) is 9.68. The van der Waals surface area contributed by atoms with E-state index in [4.69, 9.17) is 4.74 Å². The molecule has 7 heteroatoms. The van der Waals surface area contributed by atoms with Crippen LogP contribution in [0.2, 0.25) is 0 Å². The maximum Gasteiger partial charge on any atom is 0.251 e. The first-order valence-electron chi connectivity index (χ1n) is 7.27. The van der Waals surface area contributed by atoms with Crippen molar-refractivity contribution in [1.82, 2.24) is 9.21 Å². The second kappa shape index (κ2) is 7.21. The van der Waals surface area contributed by atoms with Gasteiger partial charge < -0.3 is 9.64 Å². The van der Waals surface area contributed by atoms with Crippen LogP contribution in [0.1, 0.15) is 12.5 Å². The zero-order chi connectivity index (χ0) is 16.2. The molecule has 22 heavy (non-hydrogen) atoms. The van der Waals surface area contributed by atoms with Crippen LogP contribution < -0.4 is 0 Å². The van der Waals surface area contributed by atoms with Gasteiger partial charge in [0.25, 0.3) is 5.91 Å². The fraction of sp³-hybridized carbons (Fsp3) is 0.533. The minimum Gasteiger partial charge on any atom is -0.364 e. The van der Waals surface area contributed by atoms with Gasteiger partial charge in [-0.05, 0) is 12.5 Å². The lowest BCUT2D eigenvalue weighted by atomic mass is 10.2. The third-order valence-corrected chi connectivity index (χ3v) is 5.01. The Labute approximate surface area is 131 Å². The van der Waals surface area contributed by atoms with E-state index in [1.165, 1.54) is 10.6 Å². The Morgan fingerprint density at radius 2 is 1.77 bits per heavy atom. The van der Waals surface area contributed by atoms with Crippen molar-refractivity contribution in [2.75, 3.05) is 32.4 Å². The predicted molar refractivity (Wildman–Crippen MR) is 83.7 cm³/mol. The van der Waals surface area contributed by atoms with Gasteiger partial charge in [-0.3, -0.25) is 4.79 Å². The van der Waals surface area contributed by atoms with E-state index >= 15 is 0 Å². The maximum absolute atomic E-state index is 12.3. The first-order valence-corrected chi connectivity index (χ1v) is 9.12. The van der Waals surface area contributed by atoms with E-state index in [0.29, 0.717) is 32.8 Å². The van der Waals surface area contributed by atoms with Crippen LogP contribution in [0.3, 0.4) is 0 Å². The average molecular weight is 326 g/mol. The Hall–Kier alpha value is -1.44. The van der Waals surface area contributed by atoms with Gasteiger partial charge in [0.15, 0.2) is 0 Å². The van der Waals surface area contributed by atoms with E-state index < -0.39 is 16.1 Å². The molecular weight excluding hydrogens is 304 g/mol. The van der Waals surface area contributed by atoms with E-state index in [9.17, 15) is 13.2 Å². The summed E-state index contributed by atoms with van der Waals surface area (Å²) >= 11 is 0. The molecule has 6 nitrogen and oxygen atoms in total. The van der Waals surface area contributed by atoms with Crippen molar-refractivity contribution in [3.63, 3.8) is 0 Å². The van der Waals surface area contributed by atoms with Crippen molar-refractivity contribution in [2.45, 2.75) is 19.6 Å².